The molecule has 0 saturated carbocycles. The first-order valence-corrected chi connectivity index (χ1v) is 6.32. The first kappa shape index (κ1) is 15.7. The summed E-state index contributed by atoms with van der Waals surface area (Å²) in [6, 6.07) is 2.01. The highest BCUT2D eigenvalue weighted by Crippen LogP contribution is 2.15. The Morgan fingerprint density at radius 3 is 2.21 bits per heavy atom. The van der Waals surface area contributed by atoms with Crippen LogP contribution in [0.15, 0.2) is 12.1 Å². The Morgan fingerprint density at radius 2 is 1.79 bits per heavy atom. The Labute approximate surface area is 121 Å². The fourth-order valence-corrected chi connectivity index (χ4v) is 1.91. The topological polar surface area (TPSA) is 68.3 Å². The number of halogens is 2. The molecule has 0 radical (unpaired) electrons. The van der Waals surface area contributed by atoms with Crippen molar-refractivity contribution >= 4 is 35.1 Å². The van der Waals surface area contributed by atoms with Crippen molar-refractivity contribution in [3.63, 3.8) is 0 Å². The molecule has 104 valence electrons. The average Bonchev–Trinajstić information content (AvgIpc) is 2.33. The largest absolute Gasteiger partial charge is 0.467 e. The van der Waals surface area contributed by atoms with Gasteiger partial charge in [0, 0.05) is 5.56 Å². The predicted octanol–water partition coefficient (Wildman–Crippen LogP) is 2.32. The Kier molecular flexibility index (Phi) is 5.57. The van der Waals surface area contributed by atoms with Gasteiger partial charge >= 0.3 is 5.97 Å². The van der Waals surface area contributed by atoms with Crippen molar-refractivity contribution in [2.45, 2.75) is 19.9 Å². The number of carbonyl (C=O) groups is 2. The number of pyridine rings is 1. The van der Waals surface area contributed by atoms with Crippen molar-refractivity contribution in [3.8, 4) is 0 Å². The highest BCUT2D eigenvalue weighted by Gasteiger charge is 2.25. The zero-order valence-electron chi connectivity index (χ0n) is 10.7. The molecular weight excluding hydrogens is 291 g/mol. The molecule has 1 N–H and O–H groups in total. The minimum atomic E-state index is -0.733. The van der Waals surface area contributed by atoms with E-state index in [9.17, 15) is 9.59 Å². The fourth-order valence-electron chi connectivity index (χ4n) is 1.45. The lowest BCUT2D eigenvalue weighted by Gasteiger charge is -2.19. The van der Waals surface area contributed by atoms with E-state index in [4.69, 9.17) is 23.2 Å². The maximum Gasteiger partial charge on any atom is 0.328 e. The number of nitrogens with zero attached hydrogens (tertiary/aromatic N) is 1. The molecule has 5 nitrogen and oxygen atoms in total. The van der Waals surface area contributed by atoms with Crippen LogP contribution in [-0.4, -0.2) is 30.0 Å². The Morgan fingerprint density at radius 1 is 1.26 bits per heavy atom. The molecule has 1 aromatic heterocycles. The zero-order chi connectivity index (χ0) is 14.6. The van der Waals surface area contributed by atoms with Gasteiger partial charge in [0.1, 0.15) is 16.3 Å². The minimum absolute atomic E-state index is 0.107. The molecule has 0 aliphatic carbocycles. The molecule has 1 heterocycles. The SMILES string of the molecule is COC(=O)C(NC(=O)c1cc(Cl)nc(Cl)c1)C(C)C. The molecule has 1 amide bonds. The third kappa shape index (κ3) is 4.36. The summed E-state index contributed by atoms with van der Waals surface area (Å²) < 4.78 is 4.64. The minimum Gasteiger partial charge on any atom is -0.467 e. The van der Waals surface area contributed by atoms with E-state index in [-0.39, 0.29) is 21.8 Å². The summed E-state index contributed by atoms with van der Waals surface area (Å²) in [6.45, 7) is 3.60. The van der Waals surface area contributed by atoms with Gasteiger partial charge in [-0.25, -0.2) is 9.78 Å². The van der Waals surface area contributed by atoms with Gasteiger partial charge < -0.3 is 10.1 Å². The monoisotopic (exact) mass is 304 g/mol. The maximum absolute atomic E-state index is 12.0. The molecule has 7 heteroatoms. The molecule has 1 unspecified atom stereocenters. The number of ether oxygens (including phenoxy) is 1. The van der Waals surface area contributed by atoms with Crippen molar-refractivity contribution in [1.29, 1.82) is 0 Å². The van der Waals surface area contributed by atoms with E-state index in [0.29, 0.717) is 0 Å². The smallest absolute Gasteiger partial charge is 0.328 e. The van der Waals surface area contributed by atoms with E-state index in [1.165, 1.54) is 19.2 Å². The summed E-state index contributed by atoms with van der Waals surface area (Å²) in [7, 11) is 1.27. The van der Waals surface area contributed by atoms with Gasteiger partial charge in [-0.05, 0) is 18.1 Å². The molecule has 0 bridgehead atoms. The second kappa shape index (κ2) is 6.73. The summed E-state index contributed by atoms with van der Waals surface area (Å²) in [5.74, 6) is -1.07. The van der Waals surface area contributed by atoms with Gasteiger partial charge in [-0.3, -0.25) is 4.79 Å². The van der Waals surface area contributed by atoms with Crippen molar-refractivity contribution in [3.05, 3.63) is 28.0 Å². The van der Waals surface area contributed by atoms with E-state index < -0.39 is 17.9 Å². The number of rotatable bonds is 4. The number of amides is 1. The first-order chi connectivity index (χ1) is 8.85. The number of carbonyl (C=O) groups excluding carboxylic acids is 2. The maximum atomic E-state index is 12.0. The Bertz CT molecular complexity index is 472. The molecule has 0 saturated heterocycles. The molecule has 1 atom stereocenters. The van der Waals surface area contributed by atoms with E-state index in [0.717, 1.165) is 0 Å². The quantitative estimate of drug-likeness (QED) is 0.684. The summed E-state index contributed by atoms with van der Waals surface area (Å²) in [4.78, 5) is 27.3. The van der Waals surface area contributed by atoms with Crippen molar-refractivity contribution in [2.75, 3.05) is 7.11 Å². The van der Waals surface area contributed by atoms with Crippen LogP contribution in [0.2, 0.25) is 10.3 Å². The van der Waals surface area contributed by atoms with Gasteiger partial charge in [0.2, 0.25) is 0 Å². The molecular formula is C12H14Cl2N2O3. The molecule has 0 spiro atoms. The van der Waals surface area contributed by atoms with Crippen LogP contribution in [0.4, 0.5) is 0 Å². The van der Waals surface area contributed by atoms with Gasteiger partial charge in [0.05, 0.1) is 7.11 Å². The van der Waals surface area contributed by atoms with E-state index in [1.807, 2.05) is 0 Å². The molecule has 0 fully saturated rings. The Balaban J connectivity index is 2.90. The number of hydrogen-bond donors (Lipinski definition) is 1. The molecule has 19 heavy (non-hydrogen) atoms. The van der Waals surface area contributed by atoms with Gasteiger partial charge in [-0.1, -0.05) is 37.0 Å². The van der Waals surface area contributed by atoms with Crippen molar-refractivity contribution < 1.29 is 14.3 Å². The Hall–Kier alpha value is -1.33. The molecule has 0 aromatic carbocycles. The van der Waals surface area contributed by atoms with Crippen molar-refractivity contribution in [2.24, 2.45) is 5.92 Å². The van der Waals surface area contributed by atoms with Crippen LogP contribution in [-0.2, 0) is 9.53 Å². The lowest BCUT2D eigenvalue weighted by atomic mass is 10.0. The first-order valence-electron chi connectivity index (χ1n) is 5.57. The summed E-state index contributed by atoms with van der Waals surface area (Å²) in [6.07, 6.45) is 0. The molecule has 0 aliphatic rings. The zero-order valence-corrected chi connectivity index (χ0v) is 12.2. The van der Waals surface area contributed by atoms with E-state index in [2.05, 4.69) is 15.0 Å². The highest BCUT2D eigenvalue weighted by molar-refractivity contribution is 6.33. The number of esters is 1. The van der Waals surface area contributed by atoms with Gasteiger partial charge in [0.15, 0.2) is 0 Å². The second-order valence-corrected chi connectivity index (χ2v) is 4.99. The lowest BCUT2D eigenvalue weighted by molar-refractivity contribution is -0.144. The summed E-state index contributed by atoms with van der Waals surface area (Å²) in [5, 5.41) is 2.80. The lowest BCUT2D eigenvalue weighted by Crippen LogP contribution is -2.45. The van der Waals surface area contributed by atoms with Crippen LogP contribution in [0.3, 0.4) is 0 Å². The van der Waals surface area contributed by atoms with Gasteiger partial charge in [-0.15, -0.1) is 0 Å². The summed E-state index contributed by atoms with van der Waals surface area (Å²) in [5.41, 5.74) is 0.236. The van der Waals surface area contributed by atoms with Crippen LogP contribution in [0.5, 0.6) is 0 Å². The molecule has 0 aliphatic heterocycles. The third-order valence-corrected chi connectivity index (χ3v) is 2.82. The molecule has 1 rings (SSSR count). The average molecular weight is 305 g/mol. The normalized spacial score (nSPS) is 12.1. The van der Waals surface area contributed by atoms with E-state index in [1.54, 1.807) is 13.8 Å². The number of nitrogens with one attached hydrogen (secondary N) is 1. The second-order valence-electron chi connectivity index (χ2n) is 4.22. The van der Waals surface area contributed by atoms with Crippen molar-refractivity contribution in [1.82, 2.24) is 10.3 Å². The summed E-state index contributed by atoms with van der Waals surface area (Å²) >= 11 is 11.4. The fraction of sp³-hybridized carbons (Fsp3) is 0.417. The number of methoxy groups -OCH3 is 1. The standard InChI is InChI=1S/C12H14Cl2N2O3/c1-6(2)10(12(18)19-3)16-11(17)7-4-8(13)15-9(14)5-7/h4-6,10H,1-3H3,(H,16,17). The van der Waals surface area contributed by atoms with Gasteiger partial charge in [-0.2, -0.15) is 0 Å². The predicted molar refractivity (Wildman–Crippen MR) is 72.4 cm³/mol. The van der Waals surface area contributed by atoms with E-state index >= 15 is 0 Å². The number of hydrogen-bond acceptors (Lipinski definition) is 4. The number of aromatic nitrogens is 1. The molecule has 1 aromatic rings. The van der Waals surface area contributed by atoms with Crippen LogP contribution >= 0.6 is 23.2 Å². The van der Waals surface area contributed by atoms with Crippen LogP contribution in [0.1, 0.15) is 24.2 Å². The van der Waals surface area contributed by atoms with Crippen LogP contribution in [0.25, 0.3) is 0 Å². The van der Waals surface area contributed by atoms with Crippen LogP contribution in [0, 0.1) is 5.92 Å². The van der Waals surface area contributed by atoms with Crippen LogP contribution < -0.4 is 5.32 Å². The third-order valence-electron chi connectivity index (χ3n) is 2.43. The highest BCUT2D eigenvalue weighted by atomic mass is 35.5. The van der Waals surface area contributed by atoms with Gasteiger partial charge in [0.25, 0.3) is 5.91 Å².